The Morgan fingerprint density at radius 3 is 0.829 bits per heavy atom. The van der Waals surface area contributed by atoms with E-state index in [1.54, 1.807) is 0 Å². The first-order valence-corrected chi connectivity index (χ1v) is 37.2. The predicted molar refractivity (Wildman–Crippen MR) is 353 cm³/mol. The molecule has 10 heterocycles. The molecule has 0 aromatic heterocycles. The van der Waals surface area contributed by atoms with Gasteiger partial charge in [0, 0.05) is 13.8 Å². The second-order valence-electron chi connectivity index (χ2n) is 29.5. The lowest BCUT2D eigenvalue weighted by atomic mass is 9.94. The fourth-order valence-electron chi connectivity index (χ4n) is 15.0. The number of carbonyl (C=O) groups excluding carboxylic acids is 2. The van der Waals surface area contributed by atoms with Crippen LogP contribution in [0, 0.1) is 0 Å². The van der Waals surface area contributed by atoms with E-state index in [-0.39, 0.29) is 0 Å². The van der Waals surface area contributed by atoms with Crippen LogP contribution in [0.3, 0.4) is 0 Å². The van der Waals surface area contributed by atoms with E-state index in [1.165, 1.54) is 0 Å². The van der Waals surface area contributed by atoms with Crippen molar-refractivity contribution in [3.63, 3.8) is 0 Å². The summed E-state index contributed by atoms with van der Waals surface area (Å²) in [6.07, 6.45) is -104. The maximum atomic E-state index is 13.0. The normalized spacial score (nSPS) is 51.5. The number of amides is 2. The molecule has 0 aliphatic carbocycles. The van der Waals surface area contributed by atoms with Crippen LogP contribution >= 0.6 is 0 Å². The molecule has 680 valence electrons. The SMILES string of the molecule is CC(=O)N[C@@H]1[C@@H](O)[C@H](O[C@@H]2O[C@H](CO)[C@@H](O[C@@H]3O[C@H](CO[C@H]4O[C@H](CO[C@H]5O[C@H](CO)[C@@H](O)[C@H](O)[C@@H]5O)[C@@H](O)[C@H](O[C@H]5O[C@H](CO)[C@@H](O)[C@@H](O)[C@@H]5O[C@H]5O[C@H](CO)[C@@H](O)[C@H](O)[C@@H]5O)[C@@H]4O)[C@@H](O)[C@H](O[C@H]4O[C@H](CO)[C@@H](O)[C@H](O)[C@@H]4O[C@H]4O[C@H](CO)[C@@H](O)[C@H](O)[C@@H]4O[C@H]4O[C@H](CO)[C@@H](O)[C@H](O)[C@@H]4O)[C@@H]3O)[C@H](O)[C@H]2NC(C)=O)[C@@H](CO)O[C@@H]1O. The van der Waals surface area contributed by atoms with Gasteiger partial charge < -0.3 is 254 Å². The summed E-state index contributed by atoms with van der Waals surface area (Å²) < 4.78 is 111. The van der Waals surface area contributed by atoms with Crippen molar-refractivity contribution in [2.45, 2.75) is 321 Å². The van der Waals surface area contributed by atoms with Gasteiger partial charge in [0.2, 0.25) is 11.8 Å². The number of aliphatic hydroxyl groups is 30. The maximum Gasteiger partial charge on any atom is 0.217 e. The first-order chi connectivity index (χ1) is 55.4. The minimum Gasteiger partial charge on any atom is -0.394 e. The standard InChI is InChI=1S/C64H108N2O51/c1-13(75)65-25-35(85)48(21(9-73)101-55(25)98)111-56-26(66-14(2)76)36(86)49(22(10-74)108-56)112-61-47(97)51(114-63-54(42(92)32(82)19(7-71)106-63)117-64-53(41(91)31(81)20(8-72)107-64)116-60-45(95)39(89)29(79)17(5-69)104-60)34(84)24(110-61)12-100-58-46(96)50(33(83)23(109-58)11-99-57-43(93)37(87)27(77)15(3-67)102-57)113-62-52(40(90)30(80)18(6-70)105-62)115-59-44(94)38(88)28(78)16(4-68)103-59/h15-64,67-74,77-98H,3-12H2,1-2H3,(H,65,75)(H,66,76)/t15-,16-,17-,18-,19-,20-,21-,22-,23-,24-,25-,26-,27-,28-,29-,30-,31-,32-,33-,34-,35-,36-,37+,38+,39+,40-,41+,42+,43+,44+,45+,46+,47+,48-,49-,50+,51+,52+,53+,54+,55+,56+,57+,58+,59-,60-,61+,62-,63-,64-/m1/s1. The Hall–Kier alpha value is -3.02. The van der Waals surface area contributed by atoms with Gasteiger partial charge in [-0.3, -0.25) is 9.59 Å². The first kappa shape index (κ1) is 96.2. The molecule has 0 aromatic carbocycles. The van der Waals surface area contributed by atoms with Crippen LogP contribution in [0.2, 0.25) is 0 Å². The summed E-state index contributed by atoms with van der Waals surface area (Å²) in [6.45, 7) is -9.30. The highest BCUT2D eigenvalue weighted by atomic mass is 16.8. The topological polar surface area (TPSA) is 840 Å². The maximum absolute atomic E-state index is 13.0. The summed E-state index contributed by atoms with van der Waals surface area (Å²) in [6, 6.07) is -3.64. The lowest BCUT2D eigenvalue weighted by molar-refractivity contribution is -0.408. The van der Waals surface area contributed by atoms with Crippen LogP contribution in [0.5, 0.6) is 0 Å². The number of carbonyl (C=O) groups is 2. The van der Waals surface area contributed by atoms with E-state index in [0.717, 1.165) is 13.8 Å². The van der Waals surface area contributed by atoms with Crippen molar-refractivity contribution in [1.29, 1.82) is 0 Å². The molecule has 50 atom stereocenters. The van der Waals surface area contributed by atoms with Gasteiger partial charge in [0.25, 0.3) is 0 Å². The number of rotatable bonds is 30. The lowest BCUT2D eigenvalue weighted by Gasteiger charge is -2.51. The second kappa shape index (κ2) is 41.9. The number of aliphatic hydroxyl groups excluding tert-OH is 30. The van der Waals surface area contributed by atoms with Gasteiger partial charge in [0.15, 0.2) is 62.9 Å². The zero-order chi connectivity index (χ0) is 85.9. The van der Waals surface area contributed by atoms with Crippen molar-refractivity contribution >= 4 is 11.8 Å². The summed E-state index contributed by atoms with van der Waals surface area (Å²) in [5.41, 5.74) is 0. The van der Waals surface area contributed by atoms with E-state index in [1.807, 2.05) is 0 Å². The van der Waals surface area contributed by atoms with Crippen LogP contribution in [0.4, 0.5) is 0 Å². The number of nitrogens with one attached hydrogen (secondary N) is 2. The molecule has 2 amide bonds. The van der Waals surface area contributed by atoms with Crippen molar-refractivity contribution in [1.82, 2.24) is 10.6 Å². The second-order valence-corrected chi connectivity index (χ2v) is 29.5. The monoisotopic (exact) mass is 1720 g/mol. The van der Waals surface area contributed by atoms with Gasteiger partial charge in [-0.25, -0.2) is 0 Å². The van der Waals surface area contributed by atoms with Crippen LogP contribution in [0.1, 0.15) is 13.8 Å². The van der Waals surface area contributed by atoms with E-state index in [0.29, 0.717) is 0 Å². The minimum absolute atomic E-state index is 0.806. The molecule has 0 radical (unpaired) electrons. The fraction of sp³-hybridized carbons (Fsp3) is 0.969. The van der Waals surface area contributed by atoms with Gasteiger partial charge in [-0.1, -0.05) is 0 Å². The van der Waals surface area contributed by atoms with Gasteiger partial charge >= 0.3 is 0 Å². The Bertz CT molecular complexity index is 3050. The van der Waals surface area contributed by atoms with Gasteiger partial charge in [-0.05, 0) is 0 Å². The Kier molecular flexibility index (Phi) is 34.4. The smallest absolute Gasteiger partial charge is 0.217 e. The molecule has 0 unspecified atom stereocenters. The third-order valence-electron chi connectivity index (χ3n) is 21.7. The molecular weight excluding hydrogens is 1610 g/mol. The molecule has 0 spiro atoms. The summed E-state index contributed by atoms with van der Waals surface area (Å²) in [4.78, 5) is 25.2. The quantitative estimate of drug-likeness (QED) is 0.0318. The van der Waals surface area contributed by atoms with Crippen molar-refractivity contribution in [2.75, 3.05) is 66.1 Å². The molecule has 0 saturated carbocycles. The molecule has 117 heavy (non-hydrogen) atoms. The zero-order valence-electron chi connectivity index (χ0n) is 61.9. The molecule has 0 bridgehead atoms. The molecule has 10 aliphatic rings. The zero-order valence-corrected chi connectivity index (χ0v) is 61.9. The predicted octanol–water partition coefficient (Wildman–Crippen LogP) is -22.5. The molecule has 53 nitrogen and oxygen atoms in total. The molecule has 10 fully saturated rings. The van der Waals surface area contributed by atoms with Crippen molar-refractivity contribution < 1.29 is 253 Å². The van der Waals surface area contributed by atoms with Crippen LogP contribution in [0.25, 0.3) is 0 Å². The number of hydrogen-bond acceptors (Lipinski definition) is 51. The van der Waals surface area contributed by atoms with Crippen molar-refractivity contribution in [3.05, 3.63) is 0 Å². The van der Waals surface area contributed by atoms with E-state index in [2.05, 4.69) is 10.6 Å². The Morgan fingerprint density at radius 2 is 0.462 bits per heavy atom. The van der Waals surface area contributed by atoms with Gasteiger partial charge in [-0.2, -0.15) is 0 Å². The van der Waals surface area contributed by atoms with Crippen LogP contribution in [-0.4, -0.2) is 538 Å². The van der Waals surface area contributed by atoms with Gasteiger partial charge in [0.05, 0.1) is 66.1 Å². The number of hydrogen-bond donors (Lipinski definition) is 32. The van der Waals surface area contributed by atoms with E-state index in [9.17, 15) is 163 Å². The first-order valence-electron chi connectivity index (χ1n) is 37.2. The third kappa shape index (κ3) is 20.7. The van der Waals surface area contributed by atoms with E-state index >= 15 is 0 Å². The van der Waals surface area contributed by atoms with E-state index in [4.69, 9.17) is 90.0 Å². The van der Waals surface area contributed by atoms with Gasteiger partial charge in [0.1, 0.15) is 244 Å². The van der Waals surface area contributed by atoms with Crippen molar-refractivity contribution in [3.8, 4) is 0 Å². The van der Waals surface area contributed by atoms with Crippen LogP contribution in [-0.2, 0) is 99.6 Å². The highest BCUT2D eigenvalue weighted by Crippen LogP contribution is 2.41. The third-order valence-corrected chi connectivity index (χ3v) is 21.7. The Morgan fingerprint density at radius 1 is 0.222 bits per heavy atom. The Labute approximate surface area is 660 Å². The summed E-state index contributed by atoms with van der Waals surface area (Å²) >= 11 is 0. The Balaban J connectivity index is 1.01. The summed E-state index contributed by atoms with van der Waals surface area (Å²) in [5, 5.41) is 337. The number of ether oxygens (including phenoxy) is 19. The molecule has 0 aromatic rings. The molecule has 10 saturated heterocycles. The highest BCUT2D eigenvalue weighted by Gasteiger charge is 2.62. The average Bonchev–Trinajstić information content (AvgIpc) is 0.779. The average molecular weight is 1720 g/mol. The lowest BCUT2D eigenvalue weighted by Crippen LogP contribution is -2.70. The highest BCUT2D eigenvalue weighted by molar-refractivity contribution is 5.73. The summed E-state index contributed by atoms with van der Waals surface area (Å²) in [7, 11) is 0. The molecular formula is C64H108N2O51. The molecule has 53 heteroatoms. The van der Waals surface area contributed by atoms with Crippen LogP contribution in [0.15, 0.2) is 0 Å². The minimum atomic E-state index is -2.64. The van der Waals surface area contributed by atoms with Gasteiger partial charge in [-0.15, -0.1) is 0 Å². The largest absolute Gasteiger partial charge is 0.394 e. The molecule has 10 rings (SSSR count). The molecule has 10 aliphatic heterocycles. The molecule has 32 N–H and O–H groups in total. The van der Waals surface area contributed by atoms with Crippen LogP contribution < -0.4 is 10.6 Å². The van der Waals surface area contributed by atoms with E-state index < -0.39 is 385 Å². The van der Waals surface area contributed by atoms with Crippen molar-refractivity contribution in [2.24, 2.45) is 0 Å². The fourth-order valence-corrected chi connectivity index (χ4v) is 15.0. The summed E-state index contributed by atoms with van der Waals surface area (Å²) in [5.74, 6) is -1.78.